The number of methoxy groups -OCH3 is 1. The Morgan fingerprint density at radius 2 is 1.95 bits per heavy atom. The van der Waals surface area contributed by atoms with Crippen molar-refractivity contribution in [3.8, 4) is 11.5 Å². The summed E-state index contributed by atoms with van der Waals surface area (Å²) in [7, 11) is 0.974. The number of benzene rings is 1. The first-order chi connectivity index (χ1) is 9.69. The van der Waals surface area contributed by atoms with Gasteiger partial charge in [-0.1, -0.05) is 23.8 Å². The van der Waals surface area contributed by atoms with E-state index in [-0.39, 0.29) is 17.7 Å². The number of esters is 1. The van der Waals surface area contributed by atoms with Crippen LogP contribution in [0.5, 0.6) is 11.5 Å². The van der Waals surface area contributed by atoms with Gasteiger partial charge in [-0.3, -0.25) is 4.79 Å². The van der Waals surface area contributed by atoms with Gasteiger partial charge in [0.05, 0.1) is 18.8 Å². The molecule has 0 N–H and O–H groups in total. The predicted octanol–water partition coefficient (Wildman–Crippen LogP) is 2.85. The second-order valence-electron chi connectivity index (χ2n) is 5.31. The van der Waals surface area contributed by atoms with Gasteiger partial charge in [-0.2, -0.15) is 0 Å². The first kappa shape index (κ1) is 13.1. The summed E-state index contributed by atoms with van der Waals surface area (Å²) in [6.45, 7) is 2.07. The van der Waals surface area contributed by atoms with Crippen LogP contribution in [0, 0.1) is 5.92 Å². The van der Waals surface area contributed by atoms with Crippen molar-refractivity contribution in [2.45, 2.75) is 25.6 Å². The van der Waals surface area contributed by atoms with Crippen molar-refractivity contribution in [2.24, 2.45) is 5.92 Å². The van der Waals surface area contributed by atoms with Crippen molar-refractivity contribution in [1.29, 1.82) is 0 Å². The molecule has 0 amide bonds. The zero-order valence-corrected chi connectivity index (χ0v) is 11.7. The highest BCUT2D eigenvalue weighted by atomic mass is 16.6. The third kappa shape index (κ3) is 2.28. The van der Waals surface area contributed by atoms with Crippen LogP contribution in [0.3, 0.4) is 0 Å². The van der Waals surface area contributed by atoms with Crippen LogP contribution >= 0.6 is 0 Å². The molecular formula is C15H17BO4. The van der Waals surface area contributed by atoms with Crippen LogP contribution in [0.25, 0.3) is 0 Å². The number of hydrogen-bond acceptors (Lipinski definition) is 4. The Balaban J connectivity index is 1.84. The minimum Gasteiger partial charge on any atom is -0.523 e. The van der Waals surface area contributed by atoms with E-state index in [0.29, 0.717) is 0 Å². The molecule has 1 heterocycles. The average molecular weight is 272 g/mol. The lowest BCUT2D eigenvalue weighted by atomic mass is 9.61. The van der Waals surface area contributed by atoms with Crippen molar-refractivity contribution >= 4 is 13.1 Å². The predicted molar refractivity (Wildman–Crippen MR) is 75.7 cm³/mol. The second-order valence-corrected chi connectivity index (χ2v) is 5.31. The van der Waals surface area contributed by atoms with E-state index in [1.165, 1.54) is 12.7 Å². The van der Waals surface area contributed by atoms with Gasteiger partial charge in [0.25, 0.3) is 0 Å². The lowest BCUT2D eigenvalue weighted by molar-refractivity contribution is -0.145. The van der Waals surface area contributed by atoms with Crippen LogP contribution in [0.4, 0.5) is 0 Å². The number of hydrogen-bond donors (Lipinski definition) is 0. The van der Waals surface area contributed by atoms with Gasteiger partial charge >= 0.3 is 13.1 Å². The van der Waals surface area contributed by atoms with Crippen LogP contribution in [0.15, 0.2) is 35.9 Å². The zero-order valence-electron chi connectivity index (χ0n) is 11.7. The minimum absolute atomic E-state index is 0.108. The summed E-state index contributed by atoms with van der Waals surface area (Å²) in [6, 6.07) is 7.57. The van der Waals surface area contributed by atoms with Gasteiger partial charge in [0, 0.05) is 0 Å². The molecule has 0 radical (unpaired) electrons. The maximum atomic E-state index is 12.0. The standard InChI is InChI=1S/C15H17BO4/c1-10-7-8-11(15(17)18-2)12(9-10)16-19-13-5-3-4-6-14(13)20-16/h3-6,9,11-12H,7-8H2,1-2H3/t11-,12+/m0/s1. The number of para-hydroxylation sites is 2. The van der Waals surface area contributed by atoms with Gasteiger partial charge in [-0.05, 0) is 31.9 Å². The molecule has 0 bridgehead atoms. The van der Waals surface area contributed by atoms with Crippen LogP contribution in [-0.4, -0.2) is 20.2 Å². The molecule has 5 heteroatoms. The van der Waals surface area contributed by atoms with Crippen molar-refractivity contribution in [1.82, 2.24) is 0 Å². The van der Waals surface area contributed by atoms with E-state index in [2.05, 4.69) is 13.0 Å². The van der Waals surface area contributed by atoms with Crippen molar-refractivity contribution < 1.29 is 18.8 Å². The Labute approximate surface area is 118 Å². The van der Waals surface area contributed by atoms with Crippen molar-refractivity contribution in [2.75, 3.05) is 7.11 Å². The Kier molecular flexibility index (Phi) is 3.43. The molecule has 2 atom stereocenters. The van der Waals surface area contributed by atoms with E-state index in [1.54, 1.807) is 0 Å². The van der Waals surface area contributed by atoms with Crippen molar-refractivity contribution in [3.63, 3.8) is 0 Å². The van der Waals surface area contributed by atoms with Gasteiger partial charge in [0.1, 0.15) is 11.5 Å². The monoisotopic (exact) mass is 272 g/mol. The normalized spacial score (nSPS) is 24.3. The number of fused-ring (bicyclic) bond motifs is 1. The zero-order chi connectivity index (χ0) is 14.1. The second kappa shape index (κ2) is 5.23. The molecule has 0 saturated carbocycles. The third-order valence-corrected chi connectivity index (χ3v) is 3.94. The molecule has 0 unspecified atom stereocenters. The van der Waals surface area contributed by atoms with E-state index in [9.17, 15) is 4.79 Å². The summed E-state index contributed by atoms with van der Waals surface area (Å²) in [5.41, 5.74) is 1.26. The first-order valence-electron chi connectivity index (χ1n) is 6.86. The molecular weight excluding hydrogens is 255 g/mol. The SMILES string of the molecule is COC(=O)[C@H]1CCC(C)=C[C@H]1B1Oc2ccccc2O1. The molecule has 3 rings (SSSR count). The number of allylic oxidation sites excluding steroid dienone is 2. The largest absolute Gasteiger partial charge is 0.603 e. The summed E-state index contributed by atoms with van der Waals surface area (Å²) in [5, 5.41) is 0. The fraction of sp³-hybridized carbons (Fsp3) is 0.400. The lowest BCUT2D eigenvalue weighted by Gasteiger charge is -2.27. The fourth-order valence-electron chi connectivity index (χ4n) is 2.87. The van der Waals surface area contributed by atoms with Crippen LogP contribution < -0.4 is 9.31 Å². The molecule has 0 aromatic heterocycles. The summed E-state index contributed by atoms with van der Waals surface area (Å²) >= 11 is 0. The van der Waals surface area contributed by atoms with Crippen molar-refractivity contribution in [3.05, 3.63) is 35.9 Å². The van der Waals surface area contributed by atoms with E-state index < -0.39 is 7.12 Å². The van der Waals surface area contributed by atoms with E-state index in [4.69, 9.17) is 14.0 Å². The summed E-state index contributed by atoms with van der Waals surface area (Å²) in [5.74, 6) is 0.962. The van der Waals surface area contributed by atoms with Gasteiger partial charge in [-0.15, -0.1) is 0 Å². The average Bonchev–Trinajstić information content (AvgIpc) is 2.90. The Morgan fingerprint density at radius 1 is 1.30 bits per heavy atom. The third-order valence-electron chi connectivity index (χ3n) is 3.94. The van der Waals surface area contributed by atoms with Crippen LogP contribution in [0.2, 0.25) is 5.82 Å². The summed E-state index contributed by atoms with van der Waals surface area (Å²) in [4.78, 5) is 12.0. The van der Waals surface area contributed by atoms with E-state index in [0.717, 1.165) is 24.3 Å². The van der Waals surface area contributed by atoms with E-state index >= 15 is 0 Å². The minimum atomic E-state index is -0.452. The molecule has 0 fully saturated rings. The fourth-order valence-corrected chi connectivity index (χ4v) is 2.87. The highest BCUT2D eigenvalue weighted by Crippen LogP contribution is 2.42. The highest BCUT2D eigenvalue weighted by molar-refractivity contribution is 6.50. The molecule has 20 heavy (non-hydrogen) atoms. The molecule has 104 valence electrons. The Bertz CT molecular complexity index is 530. The quantitative estimate of drug-likeness (QED) is 0.471. The molecule has 2 aliphatic rings. The number of ether oxygens (including phenoxy) is 1. The lowest BCUT2D eigenvalue weighted by Crippen LogP contribution is -2.39. The summed E-state index contributed by atoms with van der Waals surface area (Å²) in [6.07, 6.45) is 3.77. The number of rotatable bonds is 2. The van der Waals surface area contributed by atoms with Gasteiger partial charge in [-0.25, -0.2) is 0 Å². The maximum Gasteiger partial charge on any atom is 0.603 e. The Hall–Kier alpha value is -1.91. The van der Waals surface area contributed by atoms with Gasteiger partial charge < -0.3 is 14.0 Å². The van der Waals surface area contributed by atoms with Crippen LogP contribution in [0.1, 0.15) is 19.8 Å². The number of carbonyl (C=O) groups excluding carboxylic acids is 1. The maximum absolute atomic E-state index is 12.0. The number of carbonyl (C=O) groups is 1. The molecule has 4 nitrogen and oxygen atoms in total. The van der Waals surface area contributed by atoms with Gasteiger partial charge in [0.2, 0.25) is 0 Å². The molecule has 0 saturated heterocycles. The molecule has 1 aromatic carbocycles. The summed E-state index contributed by atoms with van der Waals surface area (Å²) < 4.78 is 16.6. The first-order valence-corrected chi connectivity index (χ1v) is 6.86. The highest BCUT2D eigenvalue weighted by Gasteiger charge is 2.47. The van der Waals surface area contributed by atoms with Crippen LogP contribution in [-0.2, 0) is 9.53 Å². The van der Waals surface area contributed by atoms with E-state index in [1.807, 2.05) is 24.3 Å². The molecule has 1 aliphatic carbocycles. The topological polar surface area (TPSA) is 44.8 Å². The molecule has 0 spiro atoms. The molecule has 1 aromatic rings. The Morgan fingerprint density at radius 3 is 2.55 bits per heavy atom. The molecule has 1 aliphatic heterocycles. The van der Waals surface area contributed by atoms with Gasteiger partial charge in [0.15, 0.2) is 0 Å². The smallest absolute Gasteiger partial charge is 0.523 e.